The van der Waals surface area contributed by atoms with E-state index in [4.69, 9.17) is 37.5 Å². The Kier molecular flexibility index (Phi) is 10.9. The van der Waals surface area contributed by atoms with Gasteiger partial charge in [0, 0.05) is 62.1 Å². The van der Waals surface area contributed by atoms with Crippen LogP contribution in [0, 0.1) is 11.8 Å². The quantitative estimate of drug-likeness (QED) is 0.181. The molecule has 2 aliphatic heterocycles. The molecule has 2 bridgehead atoms. The summed E-state index contributed by atoms with van der Waals surface area (Å²) < 4.78 is 14.5. The number of nitrogens with one attached hydrogen (secondary N) is 1. The van der Waals surface area contributed by atoms with Crippen LogP contribution in [0.3, 0.4) is 0 Å². The van der Waals surface area contributed by atoms with Crippen LogP contribution < -0.4 is 21.5 Å². The summed E-state index contributed by atoms with van der Waals surface area (Å²) in [5.74, 6) is 1.74. The maximum absolute atomic E-state index is 6.49. The molecule has 44 heavy (non-hydrogen) atoms. The Labute approximate surface area is 265 Å². The van der Waals surface area contributed by atoms with Crippen molar-refractivity contribution in [1.82, 2.24) is 9.97 Å². The molecule has 1 unspecified atom stereocenters. The molecule has 236 valence electrons. The predicted octanol–water partition coefficient (Wildman–Crippen LogP) is 5.07. The van der Waals surface area contributed by atoms with Crippen LogP contribution in [0.4, 0.5) is 5.95 Å². The first-order valence-corrected chi connectivity index (χ1v) is 16.2. The minimum absolute atomic E-state index is 0.143. The van der Waals surface area contributed by atoms with Gasteiger partial charge in [-0.1, -0.05) is 31.5 Å². The van der Waals surface area contributed by atoms with Crippen molar-refractivity contribution in [2.75, 3.05) is 31.6 Å². The normalized spacial score (nSPS) is 23.4. The highest BCUT2D eigenvalue weighted by Gasteiger charge is 2.43. The van der Waals surface area contributed by atoms with Crippen molar-refractivity contribution in [1.29, 1.82) is 0 Å². The molecule has 1 aromatic carbocycles. The Hall–Kier alpha value is -3.50. The van der Waals surface area contributed by atoms with Crippen molar-refractivity contribution in [3.63, 3.8) is 0 Å². The van der Waals surface area contributed by atoms with Crippen molar-refractivity contribution in [3.05, 3.63) is 47.0 Å². The lowest BCUT2D eigenvalue weighted by molar-refractivity contribution is -0.602. The fourth-order valence-electron chi connectivity index (χ4n) is 6.28. The van der Waals surface area contributed by atoms with Gasteiger partial charge < -0.3 is 26.3 Å². The molecule has 5 N–H and O–H groups in total. The number of nitrogens with two attached hydrogens (primary N) is 2. The largest absolute Gasteiger partial charge is 0.487 e. The van der Waals surface area contributed by atoms with Gasteiger partial charge in [-0.05, 0) is 49.3 Å². The molecular weight excluding hydrogens is 576 g/mol. The maximum Gasteiger partial charge on any atom is 0.227 e. The van der Waals surface area contributed by atoms with Gasteiger partial charge in [-0.25, -0.2) is 14.5 Å². The Bertz CT molecular complexity index is 1380. The molecule has 1 aromatic heterocycles. The predicted molar refractivity (Wildman–Crippen MR) is 178 cm³/mol. The Morgan fingerprint density at radius 1 is 1.09 bits per heavy atom. The van der Waals surface area contributed by atoms with E-state index in [9.17, 15) is 0 Å². The Morgan fingerprint density at radius 3 is 2.45 bits per heavy atom. The minimum Gasteiger partial charge on any atom is -0.487 e. The topological polar surface area (TPSA) is 136 Å². The van der Waals surface area contributed by atoms with Gasteiger partial charge in [0.15, 0.2) is 17.8 Å². The number of aliphatic imine (C=N–C) groups is 2. The van der Waals surface area contributed by atoms with E-state index in [0.717, 1.165) is 42.3 Å². The van der Waals surface area contributed by atoms with E-state index in [1.54, 1.807) is 24.2 Å². The van der Waals surface area contributed by atoms with Crippen molar-refractivity contribution in [3.8, 4) is 16.9 Å². The van der Waals surface area contributed by atoms with E-state index >= 15 is 0 Å². The van der Waals surface area contributed by atoms with Gasteiger partial charge in [-0.2, -0.15) is 0 Å². The number of fused-ring (bicyclic) bond motifs is 2. The summed E-state index contributed by atoms with van der Waals surface area (Å²) in [4.78, 5) is 18.0. The fourth-order valence-corrected chi connectivity index (χ4v) is 6.44. The molecule has 10 nitrogen and oxygen atoms in total. The number of morpholine rings is 1. The number of benzene rings is 1. The van der Waals surface area contributed by atoms with Crippen molar-refractivity contribution < 1.29 is 14.0 Å². The summed E-state index contributed by atoms with van der Waals surface area (Å²) in [5, 5.41) is 3.82. The van der Waals surface area contributed by atoms with Crippen molar-refractivity contribution in [2.45, 2.75) is 77.5 Å². The minimum atomic E-state index is -0.178. The fraction of sp³-hybridized carbons (Fsp3) is 0.545. The molecule has 11 heteroatoms. The summed E-state index contributed by atoms with van der Waals surface area (Å²) >= 11 is 6.38. The molecular formula is C33H46ClN8O2+. The van der Waals surface area contributed by atoms with Crippen LogP contribution in [-0.4, -0.2) is 77.3 Å². The smallest absolute Gasteiger partial charge is 0.227 e. The van der Waals surface area contributed by atoms with Gasteiger partial charge in [0.2, 0.25) is 5.95 Å². The summed E-state index contributed by atoms with van der Waals surface area (Å²) in [7, 11) is 0. The van der Waals surface area contributed by atoms with E-state index in [1.165, 1.54) is 44.9 Å². The molecule has 0 radical (unpaired) electrons. The molecule has 3 heterocycles. The lowest BCUT2D eigenvalue weighted by Crippen LogP contribution is -2.43. The van der Waals surface area contributed by atoms with Crippen LogP contribution in [0.2, 0.25) is 5.02 Å². The molecule has 5 rings (SSSR count). The number of hydrogen-bond acceptors (Lipinski definition) is 8. The molecule has 3 fully saturated rings. The monoisotopic (exact) mass is 621 g/mol. The van der Waals surface area contributed by atoms with Crippen LogP contribution in [0.1, 0.15) is 59.3 Å². The number of hydrogen-bond donors (Lipinski definition) is 3. The first kappa shape index (κ1) is 31.9. The van der Waals surface area contributed by atoms with E-state index < -0.39 is 0 Å². The Morgan fingerprint density at radius 2 is 1.80 bits per heavy atom. The number of nitrogens with zero attached hydrogens (tertiary/aromatic N) is 5. The molecule has 1 aliphatic carbocycles. The van der Waals surface area contributed by atoms with E-state index in [1.807, 2.05) is 25.3 Å². The van der Waals surface area contributed by atoms with Crippen LogP contribution >= 0.6 is 11.6 Å². The van der Waals surface area contributed by atoms with Crippen molar-refractivity contribution >= 4 is 35.8 Å². The molecule has 3 atom stereocenters. The standard InChI is InChI=1S/C33H46ClN8O2/c1-21(2)32(36)30(17-37-14-23-4-7-26(8-5-23)42-27-9-10-28(42)19-43-18-27)41-33-39-15-25(16-40-33)24-6-11-29(34)31(12-24)44-22(3)13-38-20-35/h6,11-12,15-17,20-23,27-28H,4-5,7-10,13-14,18-19,36H2,1-3H3,(H2,35,38)(H,39,40,41)/q+1/b32-30+,37-17?,42-26?/t22-,23?,27-,28?/m0/s1. The Balaban J connectivity index is 1.20. The first-order valence-electron chi connectivity index (χ1n) is 15.8. The number of aromatic nitrogens is 2. The third kappa shape index (κ3) is 7.95. The molecule has 2 saturated heterocycles. The summed E-state index contributed by atoms with van der Waals surface area (Å²) in [5.41, 5.74) is 16.7. The summed E-state index contributed by atoms with van der Waals surface area (Å²) in [6, 6.07) is 6.79. The highest BCUT2D eigenvalue weighted by Crippen LogP contribution is 2.32. The van der Waals surface area contributed by atoms with Crippen LogP contribution in [0.15, 0.2) is 52.0 Å². The number of allylic oxidation sites excluding steroid dienone is 2. The van der Waals surface area contributed by atoms with Gasteiger partial charge in [-0.3, -0.25) is 9.98 Å². The first-order chi connectivity index (χ1) is 21.3. The lowest BCUT2D eigenvalue weighted by Gasteiger charge is -2.26. The second-order valence-corrected chi connectivity index (χ2v) is 12.8. The van der Waals surface area contributed by atoms with Gasteiger partial charge in [0.1, 0.15) is 25.1 Å². The van der Waals surface area contributed by atoms with Crippen LogP contribution in [0.5, 0.6) is 5.75 Å². The number of halogens is 1. The van der Waals surface area contributed by atoms with Crippen molar-refractivity contribution in [2.24, 2.45) is 33.3 Å². The van der Waals surface area contributed by atoms with E-state index in [2.05, 4.69) is 38.7 Å². The average molecular weight is 622 g/mol. The zero-order valence-electron chi connectivity index (χ0n) is 26.1. The zero-order valence-corrected chi connectivity index (χ0v) is 26.8. The second kappa shape index (κ2) is 15.0. The second-order valence-electron chi connectivity index (χ2n) is 12.4. The van der Waals surface area contributed by atoms with E-state index in [-0.39, 0.29) is 12.0 Å². The molecule has 0 spiro atoms. The third-order valence-corrected chi connectivity index (χ3v) is 9.08. The molecule has 0 amide bonds. The van der Waals surface area contributed by atoms with Crippen LogP contribution in [-0.2, 0) is 4.74 Å². The number of rotatable bonds is 11. The zero-order chi connectivity index (χ0) is 31.1. The van der Waals surface area contributed by atoms with E-state index in [0.29, 0.717) is 41.3 Å². The average Bonchev–Trinajstić information content (AvgIpc) is 3.28. The van der Waals surface area contributed by atoms with Gasteiger partial charge >= 0.3 is 0 Å². The van der Waals surface area contributed by atoms with Gasteiger partial charge in [0.25, 0.3) is 0 Å². The molecule has 2 aromatic rings. The van der Waals surface area contributed by atoms with Gasteiger partial charge in [-0.15, -0.1) is 0 Å². The van der Waals surface area contributed by atoms with Crippen LogP contribution in [0.25, 0.3) is 11.1 Å². The van der Waals surface area contributed by atoms with Gasteiger partial charge in [0.05, 0.1) is 23.6 Å². The maximum atomic E-state index is 6.49. The molecule has 1 saturated carbocycles. The summed E-state index contributed by atoms with van der Waals surface area (Å²) in [6.45, 7) is 9.05. The number of anilines is 1. The lowest BCUT2D eigenvalue weighted by atomic mass is 9.87. The number of ether oxygens (including phenoxy) is 2. The highest BCUT2D eigenvalue weighted by atomic mass is 35.5. The third-order valence-electron chi connectivity index (χ3n) is 8.76. The highest BCUT2D eigenvalue weighted by molar-refractivity contribution is 6.32. The summed E-state index contributed by atoms with van der Waals surface area (Å²) in [6.07, 6.45) is 13.7. The molecule has 3 aliphatic rings. The SMILES string of the molecule is CC(C)/C(N)=C(/C=NCC1CCC(=[N+]2C3CC[C@H]2COC3)CC1)Nc1ncc(-c2ccc(Cl)c(O[C@@H](C)CN=CN)c2)cn1.